The molecule has 0 saturated carbocycles. The Morgan fingerprint density at radius 1 is 1.40 bits per heavy atom. The van der Waals surface area contributed by atoms with E-state index >= 15 is 0 Å². The molecule has 0 nitrogen and oxygen atoms in total. The standard InChI is InChI=1S/C7H7Br3/c1-3-6(9)5(2)7(10)4-8/h3-4H,1H2,2H3/b6-5+,7-4-. The maximum absolute atomic E-state index is 3.63. The summed E-state index contributed by atoms with van der Waals surface area (Å²) >= 11 is 9.93. The summed E-state index contributed by atoms with van der Waals surface area (Å²) in [5, 5.41) is 0. The minimum Gasteiger partial charge on any atom is -0.0979 e. The third kappa shape index (κ3) is 3.17. The Labute approximate surface area is 86.5 Å². The normalized spacial score (nSPS) is 14.6. The fraction of sp³-hybridized carbons (Fsp3) is 0.143. The molecule has 0 radical (unpaired) electrons. The van der Waals surface area contributed by atoms with Crippen molar-refractivity contribution < 1.29 is 0 Å². The van der Waals surface area contributed by atoms with Gasteiger partial charge in [0.2, 0.25) is 0 Å². The third-order valence-electron chi connectivity index (χ3n) is 0.991. The minimum absolute atomic E-state index is 0.995. The van der Waals surface area contributed by atoms with Gasteiger partial charge in [-0.05, 0) is 33.4 Å². The van der Waals surface area contributed by atoms with Crippen LogP contribution in [-0.4, -0.2) is 0 Å². The quantitative estimate of drug-likeness (QED) is 0.655. The van der Waals surface area contributed by atoms with E-state index in [0.29, 0.717) is 0 Å². The largest absolute Gasteiger partial charge is 0.0979 e. The van der Waals surface area contributed by atoms with Gasteiger partial charge in [-0.3, -0.25) is 0 Å². The van der Waals surface area contributed by atoms with E-state index in [1.165, 1.54) is 0 Å². The summed E-state index contributed by atoms with van der Waals surface area (Å²) in [4.78, 5) is 1.81. The van der Waals surface area contributed by atoms with Crippen LogP contribution in [0.3, 0.4) is 0 Å². The van der Waals surface area contributed by atoms with Crippen LogP contribution in [0, 0.1) is 0 Å². The van der Waals surface area contributed by atoms with E-state index in [4.69, 9.17) is 0 Å². The van der Waals surface area contributed by atoms with Crippen LogP contribution in [-0.2, 0) is 0 Å². The summed E-state index contributed by atoms with van der Waals surface area (Å²) < 4.78 is 2.01. The lowest BCUT2D eigenvalue weighted by atomic mass is 10.3. The summed E-state index contributed by atoms with van der Waals surface area (Å²) in [6.07, 6.45) is 1.76. The van der Waals surface area contributed by atoms with Gasteiger partial charge in [-0.15, -0.1) is 0 Å². The van der Waals surface area contributed by atoms with Crippen molar-refractivity contribution in [3.8, 4) is 0 Å². The van der Waals surface area contributed by atoms with Crippen LogP contribution in [0.25, 0.3) is 0 Å². The van der Waals surface area contributed by atoms with Gasteiger partial charge < -0.3 is 0 Å². The molecule has 10 heavy (non-hydrogen) atoms. The monoisotopic (exact) mass is 328 g/mol. The molecule has 0 aliphatic carbocycles. The van der Waals surface area contributed by atoms with E-state index in [9.17, 15) is 0 Å². The van der Waals surface area contributed by atoms with E-state index in [2.05, 4.69) is 54.4 Å². The van der Waals surface area contributed by atoms with Crippen LogP contribution >= 0.6 is 47.8 Å². The maximum Gasteiger partial charge on any atom is 0.0284 e. The van der Waals surface area contributed by atoms with Gasteiger partial charge in [-0.2, -0.15) is 0 Å². The van der Waals surface area contributed by atoms with Gasteiger partial charge in [0, 0.05) is 8.96 Å². The zero-order valence-corrected chi connectivity index (χ0v) is 10.3. The molecule has 3 heteroatoms. The topological polar surface area (TPSA) is 0 Å². The number of hydrogen-bond donors (Lipinski definition) is 0. The van der Waals surface area contributed by atoms with Crippen molar-refractivity contribution in [2.75, 3.05) is 0 Å². The van der Waals surface area contributed by atoms with E-state index in [1.54, 1.807) is 6.08 Å². The highest BCUT2D eigenvalue weighted by molar-refractivity contribution is 9.14. The summed E-state index contributed by atoms with van der Waals surface area (Å²) in [5.41, 5.74) is 1.12. The van der Waals surface area contributed by atoms with E-state index in [1.807, 2.05) is 11.9 Å². The first-order chi connectivity index (χ1) is 4.63. The Hall–Kier alpha value is 0.660. The molecule has 0 fully saturated rings. The molecule has 0 aromatic rings. The van der Waals surface area contributed by atoms with Crippen molar-refractivity contribution in [3.63, 3.8) is 0 Å². The molecule has 0 aliphatic heterocycles. The third-order valence-corrected chi connectivity index (χ3v) is 3.81. The summed E-state index contributed by atoms with van der Waals surface area (Å²) in [6, 6.07) is 0. The van der Waals surface area contributed by atoms with E-state index in [-0.39, 0.29) is 0 Å². The molecule has 0 aromatic carbocycles. The summed E-state index contributed by atoms with van der Waals surface area (Å²) in [7, 11) is 0. The smallest absolute Gasteiger partial charge is 0.0284 e. The van der Waals surface area contributed by atoms with Crippen molar-refractivity contribution in [3.05, 3.63) is 32.2 Å². The minimum atomic E-state index is 0.995. The molecular formula is C7H7Br3. The Balaban J connectivity index is 4.63. The van der Waals surface area contributed by atoms with Crippen LogP contribution in [0.4, 0.5) is 0 Å². The fourth-order valence-electron chi connectivity index (χ4n) is 0.349. The molecule has 0 heterocycles. The molecule has 56 valence electrons. The Bertz CT molecular complexity index is 189. The predicted octanol–water partition coefficient (Wildman–Crippen LogP) is 4.47. The summed E-state index contributed by atoms with van der Waals surface area (Å²) in [5.74, 6) is 0. The van der Waals surface area contributed by atoms with Crippen LogP contribution in [0.1, 0.15) is 6.92 Å². The number of rotatable bonds is 2. The first-order valence-electron chi connectivity index (χ1n) is 2.58. The average molecular weight is 331 g/mol. The summed E-state index contributed by atoms with van der Waals surface area (Å²) in [6.45, 7) is 5.62. The van der Waals surface area contributed by atoms with Crippen molar-refractivity contribution in [1.29, 1.82) is 0 Å². The Morgan fingerprint density at radius 3 is 2.20 bits per heavy atom. The molecule has 0 unspecified atom stereocenters. The van der Waals surface area contributed by atoms with Crippen LogP contribution in [0.2, 0.25) is 0 Å². The highest BCUT2D eigenvalue weighted by Gasteiger charge is 1.97. The van der Waals surface area contributed by atoms with Crippen molar-refractivity contribution in [1.82, 2.24) is 0 Å². The zero-order valence-electron chi connectivity index (χ0n) is 5.50. The Kier molecular flexibility index (Phi) is 5.68. The highest BCUT2D eigenvalue weighted by Crippen LogP contribution is 2.24. The van der Waals surface area contributed by atoms with Crippen LogP contribution in [0.5, 0.6) is 0 Å². The van der Waals surface area contributed by atoms with Gasteiger partial charge in [-0.25, -0.2) is 0 Å². The van der Waals surface area contributed by atoms with Gasteiger partial charge in [0.1, 0.15) is 0 Å². The molecule has 0 amide bonds. The molecular weight excluding hydrogens is 324 g/mol. The highest BCUT2D eigenvalue weighted by atomic mass is 79.9. The molecule has 0 spiro atoms. The van der Waals surface area contributed by atoms with E-state index < -0.39 is 0 Å². The van der Waals surface area contributed by atoms with Crippen LogP contribution < -0.4 is 0 Å². The van der Waals surface area contributed by atoms with Crippen molar-refractivity contribution in [2.45, 2.75) is 6.92 Å². The van der Waals surface area contributed by atoms with Crippen molar-refractivity contribution in [2.24, 2.45) is 0 Å². The zero-order chi connectivity index (χ0) is 8.15. The second-order valence-electron chi connectivity index (χ2n) is 1.63. The number of allylic oxidation sites excluding steroid dienone is 4. The first-order valence-corrected chi connectivity index (χ1v) is 5.08. The number of hydrogen-bond acceptors (Lipinski definition) is 0. The second kappa shape index (κ2) is 5.33. The predicted molar refractivity (Wildman–Crippen MR) is 57.8 cm³/mol. The second-order valence-corrected chi connectivity index (χ2v) is 3.80. The molecule has 0 bridgehead atoms. The average Bonchev–Trinajstić information content (AvgIpc) is 2.00. The van der Waals surface area contributed by atoms with Gasteiger partial charge in [0.25, 0.3) is 0 Å². The lowest BCUT2D eigenvalue weighted by Crippen LogP contribution is -1.75. The number of halogens is 3. The first kappa shape index (κ1) is 10.7. The van der Waals surface area contributed by atoms with Gasteiger partial charge in [0.05, 0.1) is 0 Å². The fourth-order valence-corrected chi connectivity index (χ4v) is 1.39. The maximum atomic E-state index is 3.63. The molecule has 0 N–H and O–H groups in total. The van der Waals surface area contributed by atoms with Gasteiger partial charge in [0.15, 0.2) is 0 Å². The van der Waals surface area contributed by atoms with Gasteiger partial charge in [-0.1, -0.05) is 44.5 Å². The lowest BCUT2D eigenvalue weighted by molar-refractivity contribution is 1.51. The molecule has 0 atom stereocenters. The molecule has 0 aliphatic rings. The van der Waals surface area contributed by atoms with E-state index in [0.717, 1.165) is 14.5 Å². The SMILES string of the molecule is C=C/C(Br)=C(C)\C(Br)=C\Br. The Morgan fingerprint density at radius 2 is 1.90 bits per heavy atom. The van der Waals surface area contributed by atoms with Gasteiger partial charge >= 0.3 is 0 Å². The van der Waals surface area contributed by atoms with Crippen molar-refractivity contribution >= 4 is 47.8 Å². The molecule has 0 aromatic heterocycles. The molecule has 0 saturated heterocycles. The van der Waals surface area contributed by atoms with Crippen LogP contribution in [0.15, 0.2) is 32.2 Å². The lowest BCUT2D eigenvalue weighted by Gasteiger charge is -1.98. The molecule has 0 rings (SSSR count).